The molecule has 1 atom stereocenters. The number of pyridine rings is 1. The van der Waals surface area contributed by atoms with Gasteiger partial charge in [-0.2, -0.15) is 16.4 Å². The van der Waals surface area contributed by atoms with Crippen molar-refractivity contribution in [3.05, 3.63) is 53.4 Å². The number of rotatable bonds is 4. The second kappa shape index (κ2) is 5.19. The predicted octanol–water partition coefficient (Wildman–Crippen LogP) is 2.90. The maximum atomic E-state index is 4.36. The van der Waals surface area contributed by atoms with Gasteiger partial charge >= 0.3 is 0 Å². The molecule has 0 amide bonds. The van der Waals surface area contributed by atoms with Crippen molar-refractivity contribution in [3.63, 3.8) is 0 Å². The molecular formula is C13H13N5S. The molecule has 5 nitrogen and oxygen atoms in total. The first-order chi connectivity index (χ1) is 9.33. The highest BCUT2D eigenvalue weighted by molar-refractivity contribution is 7.07. The van der Waals surface area contributed by atoms with E-state index in [2.05, 4.69) is 44.1 Å². The van der Waals surface area contributed by atoms with Gasteiger partial charge < -0.3 is 5.32 Å². The van der Waals surface area contributed by atoms with E-state index in [0.29, 0.717) is 0 Å². The average molecular weight is 271 g/mol. The SMILES string of the molecule is CC(Nc1ccc(-n2cncn2)nc1)c1ccsc1. The Balaban J connectivity index is 1.73. The van der Waals surface area contributed by atoms with Gasteiger partial charge in [-0.05, 0) is 41.4 Å². The lowest BCUT2D eigenvalue weighted by Gasteiger charge is -2.13. The van der Waals surface area contributed by atoms with Crippen LogP contribution in [0, 0.1) is 0 Å². The molecule has 96 valence electrons. The van der Waals surface area contributed by atoms with Crippen LogP contribution < -0.4 is 5.32 Å². The Labute approximate surface area is 115 Å². The number of nitrogens with one attached hydrogen (secondary N) is 1. The molecule has 6 heteroatoms. The minimum Gasteiger partial charge on any atom is -0.377 e. The number of nitrogens with zero attached hydrogens (tertiary/aromatic N) is 4. The molecule has 3 aromatic heterocycles. The maximum absolute atomic E-state index is 4.36. The molecule has 1 unspecified atom stereocenters. The third kappa shape index (κ3) is 2.63. The summed E-state index contributed by atoms with van der Waals surface area (Å²) in [5.74, 6) is 0.756. The van der Waals surface area contributed by atoms with Crippen LogP contribution in [0.3, 0.4) is 0 Å². The fourth-order valence-corrected chi connectivity index (χ4v) is 2.54. The van der Waals surface area contributed by atoms with E-state index in [9.17, 15) is 0 Å². The Kier molecular flexibility index (Phi) is 3.24. The average Bonchev–Trinajstić information content (AvgIpc) is 3.13. The van der Waals surface area contributed by atoms with Crippen molar-refractivity contribution in [3.8, 4) is 5.82 Å². The standard InChI is InChI=1S/C13H13N5S/c1-10(11-4-5-19-7-11)17-12-2-3-13(15-6-12)18-9-14-8-16-18/h2-10,17H,1H3. The minimum absolute atomic E-state index is 0.269. The number of hydrogen-bond acceptors (Lipinski definition) is 5. The molecule has 0 bridgehead atoms. The number of thiophene rings is 1. The second-order valence-electron chi connectivity index (χ2n) is 4.17. The molecule has 0 fully saturated rings. The summed E-state index contributed by atoms with van der Waals surface area (Å²) in [5, 5.41) is 11.7. The van der Waals surface area contributed by atoms with Crippen LogP contribution >= 0.6 is 11.3 Å². The summed E-state index contributed by atoms with van der Waals surface area (Å²) in [5.41, 5.74) is 2.27. The summed E-state index contributed by atoms with van der Waals surface area (Å²) in [4.78, 5) is 8.26. The summed E-state index contributed by atoms with van der Waals surface area (Å²) in [6.07, 6.45) is 4.93. The number of aromatic nitrogens is 4. The van der Waals surface area contributed by atoms with Gasteiger partial charge in [0, 0.05) is 6.04 Å². The molecule has 0 saturated heterocycles. The van der Waals surface area contributed by atoms with E-state index in [4.69, 9.17) is 0 Å². The summed E-state index contributed by atoms with van der Waals surface area (Å²) >= 11 is 1.71. The zero-order valence-corrected chi connectivity index (χ0v) is 11.2. The van der Waals surface area contributed by atoms with Crippen molar-refractivity contribution in [1.82, 2.24) is 19.7 Å². The first-order valence-electron chi connectivity index (χ1n) is 5.92. The molecular weight excluding hydrogens is 258 g/mol. The Morgan fingerprint density at radius 2 is 2.26 bits per heavy atom. The Bertz CT molecular complexity index is 616. The van der Waals surface area contributed by atoms with Gasteiger partial charge in [-0.3, -0.25) is 0 Å². The molecule has 1 N–H and O–H groups in total. The normalized spacial score (nSPS) is 12.3. The molecule has 3 rings (SSSR count). The van der Waals surface area contributed by atoms with E-state index in [-0.39, 0.29) is 6.04 Å². The molecule has 0 radical (unpaired) electrons. The van der Waals surface area contributed by atoms with Gasteiger partial charge in [0.15, 0.2) is 5.82 Å². The van der Waals surface area contributed by atoms with Crippen LogP contribution in [0.2, 0.25) is 0 Å². The van der Waals surface area contributed by atoms with Crippen LogP contribution in [-0.2, 0) is 0 Å². The van der Waals surface area contributed by atoms with Gasteiger partial charge in [-0.25, -0.2) is 14.6 Å². The van der Waals surface area contributed by atoms with Crippen LogP contribution in [-0.4, -0.2) is 19.7 Å². The molecule has 0 aromatic carbocycles. The van der Waals surface area contributed by atoms with Crippen molar-refractivity contribution in [1.29, 1.82) is 0 Å². The van der Waals surface area contributed by atoms with Gasteiger partial charge in [0.1, 0.15) is 12.7 Å². The molecule has 0 aliphatic heterocycles. The fraction of sp³-hybridized carbons (Fsp3) is 0.154. The third-order valence-corrected chi connectivity index (χ3v) is 3.53. The Hall–Kier alpha value is -2.21. The second-order valence-corrected chi connectivity index (χ2v) is 4.95. The highest BCUT2D eigenvalue weighted by Gasteiger charge is 2.06. The lowest BCUT2D eigenvalue weighted by molar-refractivity contribution is 0.841. The van der Waals surface area contributed by atoms with Crippen LogP contribution in [0.5, 0.6) is 0 Å². The van der Waals surface area contributed by atoms with Crippen molar-refractivity contribution < 1.29 is 0 Å². The minimum atomic E-state index is 0.269. The van der Waals surface area contributed by atoms with Gasteiger partial charge in [0.2, 0.25) is 0 Å². The predicted molar refractivity (Wildman–Crippen MR) is 75.5 cm³/mol. The Morgan fingerprint density at radius 1 is 1.32 bits per heavy atom. The summed E-state index contributed by atoms with van der Waals surface area (Å²) in [7, 11) is 0. The van der Waals surface area contributed by atoms with E-state index in [1.807, 2.05) is 12.1 Å². The van der Waals surface area contributed by atoms with Crippen molar-refractivity contribution in [2.24, 2.45) is 0 Å². The summed E-state index contributed by atoms with van der Waals surface area (Å²) < 4.78 is 1.63. The van der Waals surface area contributed by atoms with E-state index < -0.39 is 0 Å². The first-order valence-corrected chi connectivity index (χ1v) is 6.87. The third-order valence-electron chi connectivity index (χ3n) is 2.83. The van der Waals surface area contributed by atoms with Crippen LogP contribution in [0.25, 0.3) is 5.82 Å². The van der Waals surface area contributed by atoms with Crippen LogP contribution in [0.1, 0.15) is 18.5 Å². The zero-order chi connectivity index (χ0) is 13.1. The van der Waals surface area contributed by atoms with Crippen molar-refractivity contribution >= 4 is 17.0 Å². The van der Waals surface area contributed by atoms with E-state index in [0.717, 1.165) is 11.5 Å². The maximum Gasteiger partial charge on any atom is 0.155 e. The molecule has 0 aliphatic rings. The highest BCUT2D eigenvalue weighted by atomic mass is 32.1. The van der Waals surface area contributed by atoms with Gasteiger partial charge in [-0.1, -0.05) is 0 Å². The van der Waals surface area contributed by atoms with Crippen LogP contribution in [0.15, 0.2) is 47.8 Å². The van der Waals surface area contributed by atoms with E-state index in [1.54, 1.807) is 28.5 Å². The number of hydrogen-bond donors (Lipinski definition) is 1. The molecule has 0 spiro atoms. The monoisotopic (exact) mass is 271 g/mol. The molecule has 3 heterocycles. The zero-order valence-electron chi connectivity index (χ0n) is 10.4. The number of anilines is 1. The molecule has 3 aromatic rings. The largest absolute Gasteiger partial charge is 0.377 e. The smallest absolute Gasteiger partial charge is 0.155 e. The lowest BCUT2D eigenvalue weighted by Crippen LogP contribution is -2.06. The fourth-order valence-electron chi connectivity index (χ4n) is 1.79. The Morgan fingerprint density at radius 3 is 2.89 bits per heavy atom. The summed E-state index contributed by atoms with van der Waals surface area (Å²) in [6, 6.07) is 6.30. The van der Waals surface area contributed by atoms with E-state index in [1.165, 1.54) is 11.9 Å². The summed E-state index contributed by atoms with van der Waals surface area (Å²) in [6.45, 7) is 2.13. The first kappa shape index (κ1) is 11.9. The van der Waals surface area contributed by atoms with Crippen molar-refractivity contribution in [2.75, 3.05) is 5.32 Å². The topological polar surface area (TPSA) is 55.6 Å². The van der Waals surface area contributed by atoms with Gasteiger partial charge in [0.25, 0.3) is 0 Å². The molecule has 19 heavy (non-hydrogen) atoms. The van der Waals surface area contributed by atoms with Crippen molar-refractivity contribution in [2.45, 2.75) is 13.0 Å². The van der Waals surface area contributed by atoms with Gasteiger partial charge in [-0.15, -0.1) is 0 Å². The molecule has 0 saturated carbocycles. The van der Waals surface area contributed by atoms with Gasteiger partial charge in [0.05, 0.1) is 11.9 Å². The lowest BCUT2D eigenvalue weighted by atomic mass is 10.2. The van der Waals surface area contributed by atoms with Crippen LogP contribution in [0.4, 0.5) is 5.69 Å². The highest BCUT2D eigenvalue weighted by Crippen LogP contribution is 2.20. The molecule has 0 aliphatic carbocycles. The quantitative estimate of drug-likeness (QED) is 0.792. The van der Waals surface area contributed by atoms with E-state index >= 15 is 0 Å².